The first kappa shape index (κ1) is 16.1. The average Bonchev–Trinajstić information content (AvgIpc) is 3.05. The van der Waals surface area contributed by atoms with Crippen LogP contribution in [-0.4, -0.2) is 21.4 Å². The monoisotopic (exact) mass is 344 g/mol. The largest absolute Gasteiger partial charge is 0.329 e. The molecule has 0 radical (unpaired) electrons. The molecule has 1 aliphatic rings. The van der Waals surface area contributed by atoms with E-state index in [2.05, 4.69) is 15.7 Å². The van der Waals surface area contributed by atoms with Crippen molar-refractivity contribution in [3.05, 3.63) is 79.0 Å². The molecule has 1 heterocycles. The van der Waals surface area contributed by atoms with Crippen LogP contribution >= 0.6 is 0 Å². The van der Waals surface area contributed by atoms with Gasteiger partial charge in [0, 0.05) is 11.1 Å². The van der Waals surface area contributed by atoms with Gasteiger partial charge < -0.3 is 10.6 Å². The highest BCUT2D eigenvalue weighted by Crippen LogP contribution is 2.22. The minimum absolute atomic E-state index is 0.220. The van der Waals surface area contributed by atoms with E-state index in [-0.39, 0.29) is 11.6 Å². The van der Waals surface area contributed by atoms with Gasteiger partial charge in [0.15, 0.2) is 0 Å². The van der Waals surface area contributed by atoms with E-state index >= 15 is 0 Å². The molecule has 2 aromatic carbocycles. The van der Waals surface area contributed by atoms with Crippen LogP contribution in [0, 0.1) is 0 Å². The number of aromatic nitrogens is 2. The molecular formula is C21H20N4O. The quantitative estimate of drug-likeness (QED) is 0.739. The van der Waals surface area contributed by atoms with Crippen LogP contribution in [0.5, 0.6) is 0 Å². The van der Waals surface area contributed by atoms with Gasteiger partial charge in [-0.15, -0.1) is 0 Å². The molecule has 2 amide bonds. The van der Waals surface area contributed by atoms with Crippen molar-refractivity contribution < 1.29 is 4.79 Å². The summed E-state index contributed by atoms with van der Waals surface area (Å²) in [6.07, 6.45) is 10.6. The number of allylic oxidation sites excluding steroid dienone is 2. The molecule has 4 rings (SSSR count). The normalized spacial score (nSPS) is 18.8. The molecule has 1 atom stereocenters. The maximum Gasteiger partial charge on any atom is 0.319 e. The number of hydrogen-bond donors (Lipinski definition) is 2. The molecule has 0 spiro atoms. The van der Waals surface area contributed by atoms with E-state index in [9.17, 15) is 4.79 Å². The summed E-state index contributed by atoms with van der Waals surface area (Å²) in [5.74, 6) is 0. The molecule has 3 aromatic rings. The number of benzene rings is 2. The van der Waals surface area contributed by atoms with Gasteiger partial charge in [0.1, 0.15) is 0 Å². The highest BCUT2D eigenvalue weighted by Gasteiger charge is 2.23. The van der Waals surface area contributed by atoms with Crippen molar-refractivity contribution in [3.63, 3.8) is 0 Å². The van der Waals surface area contributed by atoms with E-state index in [0.29, 0.717) is 0 Å². The van der Waals surface area contributed by atoms with Gasteiger partial charge in [0.05, 0.1) is 22.9 Å². The van der Waals surface area contributed by atoms with E-state index in [0.717, 1.165) is 28.7 Å². The number of rotatable bonds is 3. The van der Waals surface area contributed by atoms with Crippen molar-refractivity contribution >= 4 is 22.6 Å². The number of urea groups is 1. The summed E-state index contributed by atoms with van der Waals surface area (Å²) in [6, 6.07) is 15.5. The second kappa shape index (κ2) is 6.52. The first-order chi connectivity index (χ1) is 12.6. The molecule has 1 aromatic heterocycles. The van der Waals surface area contributed by atoms with Crippen molar-refractivity contribution in [3.8, 4) is 5.69 Å². The Balaban J connectivity index is 1.52. The van der Waals surface area contributed by atoms with E-state index in [1.165, 1.54) is 0 Å². The van der Waals surface area contributed by atoms with Crippen LogP contribution in [0.1, 0.15) is 13.3 Å². The van der Waals surface area contributed by atoms with Crippen LogP contribution in [0.25, 0.3) is 16.6 Å². The van der Waals surface area contributed by atoms with Crippen LogP contribution in [0.15, 0.2) is 79.0 Å². The maximum absolute atomic E-state index is 12.3. The molecule has 5 heteroatoms. The Morgan fingerprint density at radius 1 is 1.15 bits per heavy atom. The highest BCUT2D eigenvalue weighted by molar-refractivity contribution is 5.93. The first-order valence-corrected chi connectivity index (χ1v) is 8.60. The summed E-state index contributed by atoms with van der Waals surface area (Å²) in [4.78, 5) is 12.3. The van der Waals surface area contributed by atoms with E-state index < -0.39 is 0 Å². The number of anilines is 1. The maximum atomic E-state index is 12.3. The van der Waals surface area contributed by atoms with Gasteiger partial charge in [-0.2, -0.15) is 5.10 Å². The highest BCUT2D eigenvalue weighted by atomic mass is 16.2. The van der Waals surface area contributed by atoms with E-state index in [4.69, 9.17) is 0 Å². The van der Waals surface area contributed by atoms with Gasteiger partial charge in [-0.1, -0.05) is 42.5 Å². The van der Waals surface area contributed by atoms with Crippen molar-refractivity contribution in [2.45, 2.75) is 18.9 Å². The van der Waals surface area contributed by atoms with Crippen LogP contribution in [0.3, 0.4) is 0 Å². The third-order valence-corrected chi connectivity index (χ3v) is 4.48. The molecule has 0 bridgehead atoms. The summed E-state index contributed by atoms with van der Waals surface area (Å²) >= 11 is 0. The lowest BCUT2D eigenvalue weighted by Crippen LogP contribution is -2.46. The summed E-state index contributed by atoms with van der Waals surface area (Å²) in [6.45, 7) is 2.00. The fraction of sp³-hybridized carbons (Fsp3) is 0.143. The third-order valence-electron chi connectivity index (χ3n) is 4.48. The van der Waals surface area contributed by atoms with Crippen LogP contribution < -0.4 is 10.6 Å². The lowest BCUT2D eigenvalue weighted by atomic mass is 9.94. The summed E-state index contributed by atoms with van der Waals surface area (Å²) in [5, 5.41) is 11.4. The number of fused-ring (bicyclic) bond motifs is 1. The predicted octanol–water partition coefficient (Wildman–Crippen LogP) is 4.42. The summed E-state index contributed by atoms with van der Waals surface area (Å²) in [5.41, 5.74) is 2.38. The predicted molar refractivity (Wildman–Crippen MR) is 105 cm³/mol. The number of nitrogens with one attached hydrogen (secondary N) is 2. The number of amides is 2. The molecule has 130 valence electrons. The van der Waals surface area contributed by atoms with Gasteiger partial charge in [0.2, 0.25) is 0 Å². The smallest absolute Gasteiger partial charge is 0.319 e. The second-order valence-corrected chi connectivity index (χ2v) is 6.65. The zero-order valence-corrected chi connectivity index (χ0v) is 14.5. The van der Waals surface area contributed by atoms with Gasteiger partial charge in [-0.25, -0.2) is 9.48 Å². The van der Waals surface area contributed by atoms with Gasteiger partial charge >= 0.3 is 6.03 Å². The Bertz CT molecular complexity index is 1000. The minimum Gasteiger partial charge on any atom is -0.329 e. The van der Waals surface area contributed by atoms with Crippen molar-refractivity contribution in [1.82, 2.24) is 15.1 Å². The molecule has 1 aliphatic carbocycles. The van der Waals surface area contributed by atoms with Crippen molar-refractivity contribution in [2.75, 3.05) is 5.32 Å². The van der Waals surface area contributed by atoms with Gasteiger partial charge in [-0.05, 0) is 43.7 Å². The number of carbonyl (C=O) groups is 1. The molecule has 1 unspecified atom stereocenters. The molecule has 5 nitrogen and oxygen atoms in total. The number of hydrogen-bond acceptors (Lipinski definition) is 2. The molecule has 0 saturated carbocycles. The SMILES string of the molecule is CC1(NC(=O)Nc2ccc3c(cnn3-c3ccccc3)c2)C=CC=CC1. The Morgan fingerprint density at radius 3 is 2.77 bits per heavy atom. The molecule has 0 fully saturated rings. The molecule has 2 N–H and O–H groups in total. The zero-order chi connectivity index (χ0) is 18.0. The fourth-order valence-electron chi connectivity index (χ4n) is 3.13. The average molecular weight is 344 g/mol. The van der Waals surface area contributed by atoms with Gasteiger partial charge in [-0.3, -0.25) is 0 Å². The molecule has 26 heavy (non-hydrogen) atoms. The third kappa shape index (κ3) is 3.24. The first-order valence-electron chi connectivity index (χ1n) is 8.60. The standard InChI is InChI=1S/C21H20N4O/c1-21(12-6-3-7-13-21)24-20(26)23-17-10-11-19-16(14-17)15-22-25(19)18-8-4-2-5-9-18/h2-12,14-15H,13H2,1H3,(H2,23,24,26). The zero-order valence-electron chi connectivity index (χ0n) is 14.5. The van der Waals surface area contributed by atoms with Crippen LogP contribution in [-0.2, 0) is 0 Å². The van der Waals surface area contributed by atoms with Crippen LogP contribution in [0.2, 0.25) is 0 Å². The Labute approximate surface area is 152 Å². The minimum atomic E-state index is -0.360. The number of carbonyl (C=O) groups excluding carboxylic acids is 1. The number of nitrogens with zero attached hydrogens (tertiary/aromatic N) is 2. The van der Waals surface area contributed by atoms with E-state index in [1.54, 1.807) is 6.20 Å². The van der Waals surface area contributed by atoms with E-state index in [1.807, 2.05) is 84.4 Å². The fourth-order valence-corrected chi connectivity index (χ4v) is 3.13. The van der Waals surface area contributed by atoms with Crippen molar-refractivity contribution in [1.29, 1.82) is 0 Å². The topological polar surface area (TPSA) is 59.0 Å². The Hall–Kier alpha value is -3.34. The summed E-state index contributed by atoms with van der Waals surface area (Å²) < 4.78 is 1.89. The molecule has 0 aliphatic heterocycles. The second-order valence-electron chi connectivity index (χ2n) is 6.65. The van der Waals surface area contributed by atoms with Crippen LogP contribution in [0.4, 0.5) is 10.5 Å². The number of para-hydroxylation sites is 1. The lowest BCUT2D eigenvalue weighted by molar-refractivity contribution is 0.244. The lowest BCUT2D eigenvalue weighted by Gasteiger charge is -2.27. The Morgan fingerprint density at radius 2 is 2.00 bits per heavy atom. The van der Waals surface area contributed by atoms with Crippen molar-refractivity contribution in [2.24, 2.45) is 0 Å². The Kier molecular flexibility index (Phi) is 4.05. The molecule has 0 saturated heterocycles. The van der Waals surface area contributed by atoms with Gasteiger partial charge in [0.25, 0.3) is 0 Å². The molecular weight excluding hydrogens is 324 g/mol. The summed E-state index contributed by atoms with van der Waals surface area (Å²) in [7, 11) is 0.